The number of allylic oxidation sites excluding steroid dienone is 2. The average Bonchev–Trinajstić information content (AvgIpc) is 2.83. The van der Waals surface area contributed by atoms with E-state index in [2.05, 4.69) is 42.5 Å². The van der Waals surface area contributed by atoms with Crippen LogP contribution in [0.15, 0.2) is 111 Å². The minimum Gasteiger partial charge on any atom is -0.327 e. The van der Waals surface area contributed by atoms with Crippen molar-refractivity contribution in [1.82, 2.24) is 10.6 Å². The van der Waals surface area contributed by atoms with Gasteiger partial charge in [0.15, 0.2) is 5.78 Å². The lowest BCUT2D eigenvalue weighted by Gasteiger charge is -2.28. The van der Waals surface area contributed by atoms with Crippen molar-refractivity contribution in [2.24, 2.45) is 0 Å². The number of benzene rings is 3. The van der Waals surface area contributed by atoms with E-state index < -0.39 is 6.04 Å². The Morgan fingerprint density at radius 1 is 0.758 bits per heavy atom. The van der Waals surface area contributed by atoms with Crippen LogP contribution >= 0.6 is 31.9 Å². The number of carbonyl (C=O) groups excluding carboxylic acids is 2. The minimum absolute atomic E-state index is 0.185. The van der Waals surface area contributed by atoms with E-state index in [0.717, 1.165) is 25.6 Å². The van der Waals surface area contributed by atoms with Crippen molar-refractivity contribution >= 4 is 55.8 Å². The number of urea groups is 1. The molecule has 1 heterocycles. The van der Waals surface area contributed by atoms with Gasteiger partial charge in [0, 0.05) is 14.5 Å². The van der Waals surface area contributed by atoms with Crippen LogP contribution < -0.4 is 10.6 Å². The van der Waals surface area contributed by atoms with Crippen LogP contribution in [-0.2, 0) is 4.79 Å². The number of rotatable bonds is 6. The highest BCUT2D eigenvalue weighted by atomic mass is 79.9. The highest BCUT2D eigenvalue weighted by Crippen LogP contribution is 2.29. The number of nitrogens with one attached hydrogen (secondary N) is 2. The monoisotopic (exact) mass is 562 g/mol. The molecule has 0 spiro atoms. The standard InChI is InChI=1S/C27H20Br2N2O2/c28-21-12-6-18(7-13-21)10-16-23-25(24(32)17-11-19-8-14-22(29)15-9-19)26(31-27(33)30-23)20-4-2-1-3-5-20/h1-17,26H,(H2,30,31,33)/b16-10-,17-11+. The average molecular weight is 564 g/mol. The Morgan fingerprint density at radius 3 is 1.94 bits per heavy atom. The van der Waals surface area contributed by atoms with Gasteiger partial charge in [-0.25, -0.2) is 4.79 Å². The molecule has 0 bridgehead atoms. The van der Waals surface area contributed by atoms with Crippen molar-refractivity contribution in [1.29, 1.82) is 0 Å². The van der Waals surface area contributed by atoms with Crippen LogP contribution in [0.25, 0.3) is 12.2 Å². The lowest BCUT2D eigenvalue weighted by atomic mass is 9.91. The Balaban J connectivity index is 1.74. The number of hydrogen-bond donors (Lipinski definition) is 2. The summed E-state index contributed by atoms with van der Waals surface area (Å²) in [5, 5.41) is 5.70. The molecule has 1 aliphatic heterocycles. The second-order valence-corrected chi connectivity index (χ2v) is 9.23. The maximum Gasteiger partial charge on any atom is 0.320 e. The molecule has 0 aliphatic carbocycles. The number of carbonyl (C=O) groups is 2. The van der Waals surface area contributed by atoms with E-state index in [-0.39, 0.29) is 11.8 Å². The van der Waals surface area contributed by atoms with Gasteiger partial charge in [0.1, 0.15) is 0 Å². The third kappa shape index (κ3) is 5.97. The van der Waals surface area contributed by atoms with Gasteiger partial charge in [0.25, 0.3) is 0 Å². The Bertz CT molecular complexity index is 1250. The van der Waals surface area contributed by atoms with E-state index in [1.54, 1.807) is 18.2 Å². The van der Waals surface area contributed by atoms with Crippen LogP contribution in [0.2, 0.25) is 0 Å². The van der Waals surface area contributed by atoms with Gasteiger partial charge in [-0.1, -0.05) is 98.6 Å². The first kappa shape index (κ1) is 23.0. The van der Waals surface area contributed by atoms with E-state index in [1.807, 2.05) is 84.9 Å². The number of ketones is 1. The maximum atomic E-state index is 13.4. The highest BCUT2D eigenvalue weighted by Gasteiger charge is 2.30. The molecular weight excluding hydrogens is 544 g/mol. The first-order chi connectivity index (χ1) is 16.0. The minimum atomic E-state index is -0.563. The molecule has 0 saturated heterocycles. The quantitative estimate of drug-likeness (QED) is 0.323. The Kier molecular flexibility index (Phi) is 7.37. The zero-order valence-corrected chi connectivity index (χ0v) is 20.6. The molecule has 0 aromatic heterocycles. The molecule has 1 unspecified atom stereocenters. The van der Waals surface area contributed by atoms with Crippen molar-refractivity contribution in [3.63, 3.8) is 0 Å². The third-order valence-corrected chi connectivity index (χ3v) is 6.17. The fourth-order valence-electron chi connectivity index (χ4n) is 3.48. The van der Waals surface area contributed by atoms with Crippen LogP contribution in [0, 0.1) is 0 Å². The van der Waals surface area contributed by atoms with Crippen molar-refractivity contribution in [3.05, 3.63) is 128 Å². The zero-order chi connectivity index (χ0) is 23.2. The summed E-state index contributed by atoms with van der Waals surface area (Å²) < 4.78 is 1.95. The van der Waals surface area contributed by atoms with Crippen LogP contribution in [0.3, 0.4) is 0 Å². The van der Waals surface area contributed by atoms with E-state index in [1.165, 1.54) is 0 Å². The number of halogens is 2. The van der Waals surface area contributed by atoms with Gasteiger partial charge in [0.05, 0.1) is 11.7 Å². The molecule has 164 valence electrons. The highest BCUT2D eigenvalue weighted by molar-refractivity contribution is 9.10. The van der Waals surface area contributed by atoms with Gasteiger partial charge < -0.3 is 10.6 Å². The van der Waals surface area contributed by atoms with Crippen LogP contribution in [0.1, 0.15) is 22.7 Å². The summed E-state index contributed by atoms with van der Waals surface area (Å²) in [4.78, 5) is 25.9. The summed E-state index contributed by atoms with van der Waals surface area (Å²) in [6.45, 7) is 0. The predicted octanol–water partition coefficient (Wildman–Crippen LogP) is 6.82. The Morgan fingerprint density at radius 2 is 1.33 bits per heavy atom. The van der Waals surface area contributed by atoms with Crippen molar-refractivity contribution < 1.29 is 9.59 Å². The summed E-state index contributed by atoms with van der Waals surface area (Å²) in [5.74, 6) is -0.185. The van der Waals surface area contributed by atoms with Gasteiger partial charge in [-0.2, -0.15) is 0 Å². The Labute approximate surface area is 209 Å². The Hall–Kier alpha value is -3.22. The normalized spacial score (nSPS) is 16.2. The zero-order valence-electron chi connectivity index (χ0n) is 17.5. The van der Waals surface area contributed by atoms with Crippen molar-refractivity contribution in [2.75, 3.05) is 0 Å². The van der Waals surface area contributed by atoms with Crippen molar-refractivity contribution in [3.8, 4) is 0 Å². The maximum absolute atomic E-state index is 13.4. The summed E-state index contributed by atoms with van der Waals surface area (Å²) >= 11 is 6.85. The molecule has 4 nitrogen and oxygen atoms in total. The van der Waals surface area contributed by atoms with E-state index in [9.17, 15) is 9.59 Å². The molecule has 3 aromatic carbocycles. The summed E-state index contributed by atoms with van der Waals surface area (Å²) in [5.41, 5.74) is 3.64. The number of hydrogen-bond acceptors (Lipinski definition) is 2. The van der Waals surface area contributed by atoms with Gasteiger partial charge in [0.2, 0.25) is 0 Å². The fraction of sp³-hybridized carbons (Fsp3) is 0.0370. The van der Waals surface area contributed by atoms with E-state index in [4.69, 9.17) is 0 Å². The third-order valence-electron chi connectivity index (χ3n) is 5.11. The van der Waals surface area contributed by atoms with Gasteiger partial charge in [-0.05, 0) is 53.1 Å². The molecule has 33 heavy (non-hydrogen) atoms. The molecule has 4 rings (SSSR count). The largest absolute Gasteiger partial charge is 0.327 e. The lowest BCUT2D eigenvalue weighted by Crippen LogP contribution is -2.45. The first-order valence-corrected chi connectivity index (χ1v) is 11.9. The second-order valence-electron chi connectivity index (χ2n) is 7.40. The molecule has 0 saturated carbocycles. The molecule has 2 amide bonds. The molecule has 2 N–H and O–H groups in total. The van der Waals surface area contributed by atoms with Gasteiger partial charge in [-0.3, -0.25) is 4.79 Å². The summed E-state index contributed by atoms with van der Waals surface area (Å²) in [7, 11) is 0. The molecular formula is C27H20Br2N2O2. The molecule has 3 aromatic rings. The number of amides is 2. The fourth-order valence-corrected chi connectivity index (χ4v) is 4.00. The predicted molar refractivity (Wildman–Crippen MR) is 139 cm³/mol. The van der Waals surface area contributed by atoms with Gasteiger partial charge in [-0.15, -0.1) is 0 Å². The topological polar surface area (TPSA) is 58.2 Å². The summed E-state index contributed by atoms with van der Waals surface area (Å²) in [6.07, 6.45) is 6.97. The lowest BCUT2D eigenvalue weighted by molar-refractivity contribution is -0.111. The smallest absolute Gasteiger partial charge is 0.320 e. The molecule has 0 fully saturated rings. The first-order valence-electron chi connectivity index (χ1n) is 10.3. The van der Waals surface area contributed by atoms with Crippen LogP contribution in [-0.4, -0.2) is 11.8 Å². The van der Waals surface area contributed by atoms with Gasteiger partial charge >= 0.3 is 6.03 Å². The molecule has 6 heteroatoms. The summed E-state index contributed by atoms with van der Waals surface area (Å²) in [6, 6.07) is 24.0. The van der Waals surface area contributed by atoms with Crippen LogP contribution in [0.5, 0.6) is 0 Å². The van der Waals surface area contributed by atoms with Crippen molar-refractivity contribution in [2.45, 2.75) is 6.04 Å². The molecule has 0 radical (unpaired) electrons. The second kappa shape index (κ2) is 10.6. The molecule has 1 aliphatic rings. The SMILES string of the molecule is O=C1NC(/C=C\c2ccc(Br)cc2)=C(C(=O)/C=C/c2ccc(Br)cc2)C(c2ccccc2)N1. The molecule has 1 atom stereocenters. The van der Waals surface area contributed by atoms with E-state index >= 15 is 0 Å². The van der Waals surface area contributed by atoms with E-state index in [0.29, 0.717) is 11.3 Å². The van der Waals surface area contributed by atoms with Crippen LogP contribution in [0.4, 0.5) is 4.79 Å².